The third kappa shape index (κ3) is 7.19. The fraction of sp³-hybridized carbons (Fsp3) is 0.571. The number of esters is 1. The van der Waals surface area contributed by atoms with Crippen molar-refractivity contribution in [3.05, 3.63) is 29.8 Å². The van der Waals surface area contributed by atoms with E-state index in [1.165, 1.54) is 11.8 Å². The summed E-state index contributed by atoms with van der Waals surface area (Å²) in [5.41, 5.74) is 0.352. The summed E-state index contributed by atoms with van der Waals surface area (Å²) in [6.45, 7) is 13.1. The van der Waals surface area contributed by atoms with E-state index in [9.17, 15) is 14.4 Å². The number of carbonyl (C=O) groups excluding carboxylic acids is 3. The van der Waals surface area contributed by atoms with Crippen molar-refractivity contribution < 1.29 is 19.1 Å². The maximum absolute atomic E-state index is 12.7. The number of hydrogen-bond donors (Lipinski definition) is 1. The molecule has 6 nitrogen and oxygen atoms in total. The van der Waals surface area contributed by atoms with Crippen LogP contribution >= 0.6 is 11.8 Å². The van der Waals surface area contributed by atoms with Gasteiger partial charge in [-0.3, -0.25) is 9.59 Å². The monoisotopic (exact) mass is 408 g/mol. The molecular weight excluding hydrogens is 376 g/mol. The van der Waals surface area contributed by atoms with Crippen molar-refractivity contribution in [1.29, 1.82) is 0 Å². The van der Waals surface area contributed by atoms with Gasteiger partial charge in [-0.15, -0.1) is 11.8 Å². The molecule has 1 rings (SSSR count). The summed E-state index contributed by atoms with van der Waals surface area (Å²) in [6, 6.07) is 7.02. The van der Waals surface area contributed by atoms with Crippen LogP contribution in [0.1, 0.15) is 58.8 Å². The van der Waals surface area contributed by atoms with Crippen LogP contribution in [0.15, 0.2) is 29.2 Å². The molecule has 0 heterocycles. The van der Waals surface area contributed by atoms with Crippen LogP contribution in [0.3, 0.4) is 0 Å². The summed E-state index contributed by atoms with van der Waals surface area (Å²) in [6.07, 6.45) is -0.889. The maximum atomic E-state index is 12.7. The number of carbonyl (C=O) groups is 3. The summed E-state index contributed by atoms with van der Waals surface area (Å²) in [5.74, 6) is -0.692. The van der Waals surface area contributed by atoms with Crippen LogP contribution in [-0.2, 0) is 14.3 Å². The van der Waals surface area contributed by atoms with E-state index in [0.29, 0.717) is 10.5 Å². The Labute approximate surface area is 172 Å². The minimum atomic E-state index is -0.889. The van der Waals surface area contributed by atoms with Crippen molar-refractivity contribution in [2.45, 2.75) is 77.6 Å². The van der Waals surface area contributed by atoms with Crippen molar-refractivity contribution in [2.24, 2.45) is 0 Å². The largest absolute Gasteiger partial charge is 0.449 e. The number of hydrogen-bond acceptors (Lipinski definition) is 5. The molecule has 0 aromatic heterocycles. The molecule has 1 aromatic rings. The number of thioether (sulfide) groups is 1. The highest BCUT2D eigenvalue weighted by atomic mass is 32.2. The zero-order chi connectivity index (χ0) is 21.4. The van der Waals surface area contributed by atoms with Crippen LogP contribution in [0.2, 0.25) is 0 Å². The number of amides is 2. The molecule has 0 radical (unpaired) electrons. The Morgan fingerprint density at radius 2 is 1.57 bits per heavy atom. The molecule has 0 saturated carbocycles. The van der Waals surface area contributed by atoms with Gasteiger partial charge in [0.15, 0.2) is 6.10 Å². The van der Waals surface area contributed by atoms with E-state index in [2.05, 4.69) is 5.32 Å². The molecule has 28 heavy (non-hydrogen) atoms. The van der Waals surface area contributed by atoms with Crippen LogP contribution in [0.5, 0.6) is 0 Å². The van der Waals surface area contributed by atoms with Crippen molar-refractivity contribution >= 4 is 29.5 Å². The third-order valence-electron chi connectivity index (χ3n) is 3.91. The third-order valence-corrected chi connectivity index (χ3v) is 4.99. The second-order valence-corrected chi connectivity index (χ2v) is 8.50. The molecule has 7 heteroatoms. The van der Waals surface area contributed by atoms with Gasteiger partial charge in [-0.1, -0.05) is 12.1 Å². The van der Waals surface area contributed by atoms with Gasteiger partial charge in [0, 0.05) is 23.0 Å². The van der Waals surface area contributed by atoms with Gasteiger partial charge in [-0.2, -0.15) is 0 Å². The topological polar surface area (TPSA) is 75.7 Å². The second-order valence-electron chi connectivity index (χ2n) is 7.49. The molecule has 0 spiro atoms. The van der Waals surface area contributed by atoms with Gasteiger partial charge < -0.3 is 15.0 Å². The van der Waals surface area contributed by atoms with Gasteiger partial charge in [0.05, 0.1) is 11.3 Å². The van der Waals surface area contributed by atoms with Gasteiger partial charge in [-0.25, -0.2) is 4.79 Å². The van der Waals surface area contributed by atoms with E-state index in [1.807, 2.05) is 41.5 Å². The lowest BCUT2D eigenvalue weighted by molar-refractivity contribution is -0.143. The quantitative estimate of drug-likeness (QED) is 0.500. The van der Waals surface area contributed by atoms with E-state index >= 15 is 0 Å². The molecule has 0 aliphatic heterocycles. The maximum Gasteiger partial charge on any atom is 0.340 e. The Morgan fingerprint density at radius 3 is 2.11 bits per heavy atom. The highest BCUT2D eigenvalue weighted by Gasteiger charge is 2.28. The van der Waals surface area contributed by atoms with Crippen molar-refractivity contribution in [3.8, 4) is 0 Å². The first kappa shape index (κ1) is 24.0. The normalized spacial score (nSPS) is 12.2. The summed E-state index contributed by atoms with van der Waals surface area (Å²) in [5, 5.41) is 2.82. The van der Waals surface area contributed by atoms with Crippen LogP contribution in [0.4, 0.5) is 0 Å². The number of benzene rings is 1. The van der Waals surface area contributed by atoms with Gasteiger partial charge in [0.2, 0.25) is 5.91 Å². The van der Waals surface area contributed by atoms with E-state index in [1.54, 1.807) is 36.1 Å². The molecule has 1 atom stereocenters. The SMILES string of the molecule is CC(C)NC(=O)CSc1ccccc1C(=O)O[C@H](C)C(=O)N(C(C)C)C(C)C. The molecule has 0 unspecified atom stereocenters. The zero-order valence-electron chi connectivity index (χ0n) is 17.8. The van der Waals surface area contributed by atoms with Crippen molar-refractivity contribution in [2.75, 3.05) is 5.75 Å². The molecule has 0 aliphatic carbocycles. The molecule has 0 bridgehead atoms. The number of rotatable bonds is 9. The van der Waals surface area contributed by atoms with Crippen molar-refractivity contribution in [1.82, 2.24) is 10.2 Å². The average Bonchev–Trinajstić information content (AvgIpc) is 2.58. The van der Waals surface area contributed by atoms with Crippen LogP contribution < -0.4 is 5.32 Å². The first-order valence-corrected chi connectivity index (χ1v) is 10.6. The van der Waals surface area contributed by atoms with Gasteiger partial charge in [0.25, 0.3) is 5.91 Å². The first-order valence-electron chi connectivity index (χ1n) is 9.58. The standard InChI is InChI=1S/C21H32N2O4S/c1-13(2)22-19(24)12-28-18-11-9-8-10-17(18)21(26)27-16(7)20(25)23(14(3)4)15(5)6/h8-11,13-16H,12H2,1-7H3,(H,22,24)/t16-/m1/s1. The highest BCUT2D eigenvalue weighted by molar-refractivity contribution is 8.00. The Balaban J connectivity index is 2.84. The van der Waals surface area contributed by atoms with E-state index < -0.39 is 12.1 Å². The molecule has 0 aliphatic rings. The van der Waals surface area contributed by atoms with Crippen LogP contribution in [0, 0.1) is 0 Å². The number of ether oxygens (including phenoxy) is 1. The Kier molecular flexibility index (Phi) is 9.52. The fourth-order valence-corrected chi connectivity index (χ4v) is 3.71. The van der Waals surface area contributed by atoms with Gasteiger partial charge >= 0.3 is 5.97 Å². The lowest BCUT2D eigenvalue weighted by Crippen LogP contribution is -2.47. The van der Waals surface area contributed by atoms with Gasteiger partial charge in [-0.05, 0) is 60.6 Å². The highest BCUT2D eigenvalue weighted by Crippen LogP contribution is 2.24. The molecule has 156 valence electrons. The van der Waals surface area contributed by atoms with E-state index in [0.717, 1.165) is 0 Å². The average molecular weight is 409 g/mol. The Morgan fingerprint density at radius 1 is 1.00 bits per heavy atom. The summed E-state index contributed by atoms with van der Waals surface area (Å²) >= 11 is 1.27. The minimum absolute atomic E-state index is 0.0102. The summed E-state index contributed by atoms with van der Waals surface area (Å²) in [7, 11) is 0. The van der Waals surface area contributed by atoms with Crippen LogP contribution in [0.25, 0.3) is 0 Å². The molecular formula is C21H32N2O4S. The van der Waals surface area contributed by atoms with Gasteiger partial charge in [0.1, 0.15) is 0 Å². The minimum Gasteiger partial charge on any atom is -0.449 e. The number of nitrogens with one attached hydrogen (secondary N) is 1. The summed E-state index contributed by atoms with van der Waals surface area (Å²) < 4.78 is 5.45. The summed E-state index contributed by atoms with van der Waals surface area (Å²) in [4.78, 5) is 39.6. The predicted octanol–water partition coefficient (Wildman–Crippen LogP) is 3.49. The first-order chi connectivity index (χ1) is 13.0. The molecule has 0 saturated heterocycles. The zero-order valence-corrected chi connectivity index (χ0v) is 18.6. The molecule has 1 aromatic carbocycles. The lowest BCUT2D eigenvalue weighted by Gasteiger charge is -2.32. The van der Waals surface area contributed by atoms with Crippen LogP contribution in [-0.4, -0.2) is 52.7 Å². The predicted molar refractivity (Wildman–Crippen MR) is 112 cm³/mol. The van der Waals surface area contributed by atoms with E-state index in [4.69, 9.17) is 4.74 Å². The fourth-order valence-electron chi connectivity index (χ4n) is 2.86. The Bertz CT molecular complexity index is 681. The Hall–Kier alpha value is -2.02. The van der Waals surface area contributed by atoms with E-state index in [-0.39, 0.29) is 35.7 Å². The van der Waals surface area contributed by atoms with Crippen molar-refractivity contribution in [3.63, 3.8) is 0 Å². The second kappa shape index (κ2) is 11.1. The molecule has 1 N–H and O–H groups in total. The molecule has 2 amide bonds. The lowest BCUT2D eigenvalue weighted by atomic mass is 10.2. The number of nitrogens with zero attached hydrogens (tertiary/aromatic N) is 1. The molecule has 0 fully saturated rings. The smallest absolute Gasteiger partial charge is 0.340 e.